The summed E-state index contributed by atoms with van der Waals surface area (Å²) >= 11 is 0.767. The zero-order valence-corrected chi connectivity index (χ0v) is 17.0. The quantitative estimate of drug-likeness (QED) is 0.528. The Bertz CT molecular complexity index is 1030. The molecule has 0 N–H and O–H groups in total. The van der Waals surface area contributed by atoms with E-state index in [0.717, 1.165) is 27.6 Å². The highest BCUT2D eigenvalue weighted by Gasteiger charge is 2.41. The number of aromatic nitrogens is 1. The highest BCUT2D eigenvalue weighted by molar-refractivity contribution is 8.18. The topological polar surface area (TPSA) is 94.9 Å². The molecule has 0 spiro atoms. The van der Waals surface area contributed by atoms with E-state index < -0.39 is 29.1 Å². The summed E-state index contributed by atoms with van der Waals surface area (Å²) in [4.78, 5) is 49.9. The van der Waals surface area contributed by atoms with Crippen LogP contribution in [0.25, 0.3) is 17.0 Å². The van der Waals surface area contributed by atoms with Gasteiger partial charge < -0.3 is 14.0 Å². The minimum absolute atomic E-state index is 0.0201. The fraction of sp³-hybridized carbons (Fsp3) is 0.300. The van der Waals surface area contributed by atoms with Gasteiger partial charge in [-0.2, -0.15) is 0 Å². The molecule has 2 amide bonds. The van der Waals surface area contributed by atoms with Crippen molar-refractivity contribution in [1.29, 1.82) is 0 Å². The number of carbonyl (C=O) groups is 4. The van der Waals surface area contributed by atoms with E-state index in [0.29, 0.717) is 5.56 Å². The van der Waals surface area contributed by atoms with Crippen molar-refractivity contribution < 1.29 is 28.7 Å². The Morgan fingerprint density at radius 3 is 2.66 bits per heavy atom. The number of para-hydroxylation sites is 1. The van der Waals surface area contributed by atoms with E-state index in [1.165, 1.54) is 14.0 Å². The number of nitrogens with zero attached hydrogens (tertiary/aromatic N) is 2. The molecule has 8 nitrogen and oxygen atoms in total. The van der Waals surface area contributed by atoms with Crippen molar-refractivity contribution in [2.24, 2.45) is 0 Å². The lowest BCUT2D eigenvalue weighted by molar-refractivity contribution is -0.150. The molecule has 152 valence electrons. The van der Waals surface area contributed by atoms with Gasteiger partial charge in [-0.3, -0.25) is 19.3 Å². The number of hydrogen-bond acceptors (Lipinski definition) is 7. The second-order valence-electron chi connectivity index (χ2n) is 6.29. The lowest BCUT2D eigenvalue weighted by Gasteiger charge is -2.19. The van der Waals surface area contributed by atoms with Gasteiger partial charge >= 0.3 is 11.9 Å². The summed E-state index contributed by atoms with van der Waals surface area (Å²) in [6.07, 6.45) is 3.32. The largest absolute Gasteiger partial charge is 0.468 e. The van der Waals surface area contributed by atoms with E-state index in [9.17, 15) is 19.2 Å². The number of esters is 2. The van der Waals surface area contributed by atoms with Crippen molar-refractivity contribution in [1.82, 2.24) is 9.47 Å². The van der Waals surface area contributed by atoms with Gasteiger partial charge in [0.2, 0.25) is 0 Å². The molecule has 1 aliphatic rings. The third-order valence-corrected chi connectivity index (χ3v) is 5.36. The van der Waals surface area contributed by atoms with Crippen molar-refractivity contribution >= 4 is 51.8 Å². The molecule has 1 saturated heterocycles. The summed E-state index contributed by atoms with van der Waals surface area (Å²) in [6.45, 7) is 3.29. The maximum atomic E-state index is 12.8. The van der Waals surface area contributed by atoms with Gasteiger partial charge in [-0.25, -0.2) is 4.79 Å². The lowest BCUT2D eigenvalue weighted by atomic mass is 10.1. The highest BCUT2D eigenvalue weighted by Crippen LogP contribution is 2.35. The molecule has 0 aliphatic carbocycles. The van der Waals surface area contributed by atoms with Gasteiger partial charge in [0.1, 0.15) is 12.6 Å². The molecule has 2 heterocycles. The predicted molar refractivity (Wildman–Crippen MR) is 108 cm³/mol. The SMILES string of the molecule is CCOC(=O)[C@H](C)N1C(=O)S/C(=C\c2cn(CC(=O)OC)c3ccccc23)C1=O. The molecule has 1 atom stereocenters. The smallest absolute Gasteiger partial charge is 0.329 e. The minimum Gasteiger partial charge on any atom is -0.468 e. The normalized spacial score (nSPS) is 16.5. The molecule has 1 aromatic carbocycles. The van der Waals surface area contributed by atoms with Gasteiger partial charge in [0.15, 0.2) is 0 Å². The second-order valence-corrected chi connectivity index (χ2v) is 7.28. The van der Waals surface area contributed by atoms with Crippen LogP contribution in [0.1, 0.15) is 19.4 Å². The Kier molecular flexibility index (Phi) is 6.07. The average Bonchev–Trinajstić information content (AvgIpc) is 3.18. The maximum absolute atomic E-state index is 12.8. The van der Waals surface area contributed by atoms with Crippen molar-refractivity contribution in [3.8, 4) is 0 Å². The van der Waals surface area contributed by atoms with E-state index in [1.807, 2.05) is 24.3 Å². The molecule has 29 heavy (non-hydrogen) atoms. The molecule has 9 heteroatoms. The van der Waals surface area contributed by atoms with Gasteiger partial charge in [0.25, 0.3) is 11.1 Å². The summed E-state index contributed by atoms with van der Waals surface area (Å²) in [5.41, 5.74) is 1.47. The Morgan fingerprint density at radius 2 is 1.97 bits per heavy atom. The summed E-state index contributed by atoms with van der Waals surface area (Å²) in [6, 6.07) is 6.39. The van der Waals surface area contributed by atoms with Gasteiger partial charge in [0, 0.05) is 22.7 Å². The van der Waals surface area contributed by atoms with Crippen molar-refractivity contribution in [3.05, 3.63) is 40.9 Å². The van der Waals surface area contributed by atoms with Crippen LogP contribution in [0, 0.1) is 0 Å². The number of imide groups is 1. The third kappa shape index (κ3) is 4.04. The van der Waals surface area contributed by atoms with Crippen LogP contribution < -0.4 is 0 Å². The average molecular weight is 416 g/mol. The lowest BCUT2D eigenvalue weighted by Crippen LogP contribution is -2.42. The standard InChI is InChI=1S/C20H20N2O6S/c1-4-28-19(25)12(2)22-18(24)16(29-20(22)26)9-13-10-21(11-17(23)27-3)15-8-6-5-7-14(13)15/h5-10,12H,4,11H2,1-3H3/b16-9-/t12-/m0/s1. The molecule has 2 aromatic rings. The number of thioether (sulfide) groups is 1. The number of rotatable bonds is 6. The molecule has 1 aliphatic heterocycles. The zero-order valence-electron chi connectivity index (χ0n) is 16.2. The Balaban J connectivity index is 1.95. The van der Waals surface area contributed by atoms with E-state index in [2.05, 4.69) is 0 Å². The summed E-state index contributed by atoms with van der Waals surface area (Å²) < 4.78 is 11.4. The number of fused-ring (bicyclic) bond motifs is 1. The number of carbonyl (C=O) groups excluding carboxylic acids is 4. The zero-order chi connectivity index (χ0) is 21.1. The Labute approximate surface area is 171 Å². The summed E-state index contributed by atoms with van der Waals surface area (Å²) in [5, 5.41) is 0.293. The monoisotopic (exact) mass is 416 g/mol. The predicted octanol–water partition coefficient (Wildman–Crippen LogP) is 2.80. The van der Waals surface area contributed by atoms with Gasteiger partial charge in [0.05, 0.1) is 18.6 Å². The maximum Gasteiger partial charge on any atom is 0.329 e. The number of hydrogen-bond donors (Lipinski definition) is 0. The first kappa shape index (κ1) is 20.7. The Morgan fingerprint density at radius 1 is 1.24 bits per heavy atom. The van der Waals surface area contributed by atoms with Crippen LogP contribution in [0.3, 0.4) is 0 Å². The van der Waals surface area contributed by atoms with E-state index >= 15 is 0 Å². The van der Waals surface area contributed by atoms with Crippen LogP contribution in [-0.4, -0.2) is 52.3 Å². The van der Waals surface area contributed by atoms with Crippen LogP contribution >= 0.6 is 11.8 Å². The molecule has 0 saturated carbocycles. The van der Waals surface area contributed by atoms with Crippen molar-refractivity contribution in [3.63, 3.8) is 0 Å². The van der Waals surface area contributed by atoms with Crippen molar-refractivity contribution in [2.75, 3.05) is 13.7 Å². The summed E-state index contributed by atoms with van der Waals surface area (Å²) in [5.74, 6) is -1.59. The van der Waals surface area contributed by atoms with Gasteiger partial charge in [-0.05, 0) is 37.8 Å². The Hall–Kier alpha value is -3.07. The van der Waals surface area contributed by atoms with Crippen LogP contribution in [0.5, 0.6) is 0 Å². The van der Waals surface area contributed by atoms with E-state index in [4.69, 9.17) is 9.47 Å². The minimum atomic E-state index is -1.01. The first-order valence-corrected chi connectivity index (χ1v) is 9.77. The fourth-order valence-corrected chi connectivity index (χ4v) is 3.95. The fourth-order valence-electron chi connectivity index (χ4n) is 3.05. The van der Waals surface area contributed by atoms with E-state index in [-0.39, 0.29) is 18.1 Å². The molecular weight excluding hydrogens is 396 g/mol. The summed E-state index contributed by atoms with van der Waals surface area (Å²) in [7, 11) is 1.32. The number of benzene rings is 1. The molecular formula is C20H20N2O6S. The van der Waals surface area contributed by atoms with Crippen LogP contribution in [-0.2, 0) is 30.4 Å². The van der Waals surface area contributed by atoms with Crippen LogP contribution in [0.4, 0.5) is 4.79 Å². The van der Waals surface area contributed by atoms with Crippen LogP contribution in [0.2, 0.25) is 0 Å². The number of methoxy groups -OCH3 is 1. The van der Waals surface area contributed by atoms with Gasteiger partial charge in [-0.1, -0.05) is 18.2 Å². The molecule has 0 radical (unpaired) electrons. The molecule has 0 unspecified atom stereocenters. The van der Waals surface area contributed by atoms with Crippen molar-refractivity contribution in [2.45, 2.75) is 26.4 Å². The molecule has 3 rings (SSSR count). The number of ether oxygens (including phenoxy) is 2. The molecule has 0 bridgehead atoms. The molecule has 1 aromatic heterocycles. The first-order valence-electron chi connectivity index (χ1n) is 8.95. The second kappa shape index (κ2) is 8.52. The van der Waals surface area contributed by atoms with Crippen LogP contribution in [0.15, 0.2) is 35.4 Å². The third-order valence-electron chi connectivity index (χ3n) is 4.47. The van der Waals surface area contributed by atoms with E-state index in [1.54, 1.807) is 23.8 Å². The first-order chi connectivity index (χ1) is 13.9. The molecule has 1 fully saturated rings. The number of amides is 2. The van der Waals surface area contributed by atoms with Gasteiger partial charge in [-0.15, -0.1) is 0 Å². The highest BCUT2D eigenvalue weighted by atomic mass is 32.2.